The lowest BCUT2D eigenvalue weighted by Gasteiger charge is -2.10. The topological polar surface area (TPSA) is 97.8 Å². The number of ether oxygens (including phenoxy) is 2. The summed E-state index contributed by atoms with van der Waals surface area (Å²) in [4.78, 5) is 4.08. The van der Waals surface area contributed by atoms with E-state index in [1.165, 1.54) is 13.2 Å². The molecule has 0 unspecified atom stereocenters. The number of nitrogens with one attached hydrogen (secondary N) is 1. The van der Waals surface area contributed by atoms with E-state index in [9.17, 15) is 13.5 Å². The van der Waals surface area contributed by atoms with E-state index in [-0.39, 0.29) is 11.6 Å². The van der Waals surface area contributed by atoms with Gasteiger partial charge in [-0.15, -0.1) is 0 Å². The standard InChI is InChI=1S/C17H18N2O5S/c1-4-25(21,22)19-17-16(20)15(24-3)11-13(18-17)8-5-12-6-9-14(23-2)10-7-12/h4-11,20H,1H2,2-3H3,(H,18,19)/b8-5+. The Balaban J connectivity index is 2.36. The van der Waals surface area contributed by atoms with Gasteiger partial charge in [-0.25, -0.2) is 13.4 Å². The van der Waals surface area contributed by atoms with Crippen molar-refractivity contribution in [3.63, 3.8) is 0 Å². The van der Waals surface area contributed by atoms with Crippen molar-refractivity contribution in [3.05, 3.63) is 53.6 Å². The van der Waals surface area contributed by atoms with E-state index in [0.29, 0.717) is 5.69 Å². The van der Waals surface area contributed by atoms with Crippen molar-refractivity contribution in [2.45, 2.75) is 0 Å². The molecule has 1 aromatic carbocycles. The lowest BCUT2D eigenvalue weighted by Crippen LogP contribution is -2.10. The SMILES string of the molecule is C=CS(=O)(=O)Nc1nc(/C=C/c2ccc(OC)cc2)cc(OC)c1O. The Hall–Kier alpha value is -3.00. The number of rotatable bonds is 7. The summed E-state index contributed by atoms with van der Waals surface area (Å²) in [5.41, 5.74) is 1.29. The molecule has 1 aromatic heterocycles. The zero-order valence-electron chi connectivity index (χ0n) is 13.8. The van der Waals surface area contributed by atoms with E-state index in [2.05, 4.69) is 16.3 Å². The van der Waals surface area contributed by atoms with Crippen LogP contribution in [0.4, 0.5) is 5.82 Å². The molecule has 132 valence electrons. The smallest absolute Gasteiger partial charge is 0.255 e. The molecule has 0 atom stereocenters. The van der Waals surface area contributed by atoms with Gasteiger partial charge in [-0.05, 0) is 23.8 Å². The molecule has 0 aliphatic heterocycles. The van der Waals surface area contributed by atoms with Gasteiger partial charge in [0.2, 0.25) is 5.75 Å². The number of sulfonamides is 1. The van der Waals surface area contributed by atoms with Gasteiger partial charge in [0.15, 0.2) is 11.6 Å². The third-order valence-electron chi connectivity index (χ3n) is 3.22. The molecule has 0 saturated heterocycles. The summed E-state index contributed by atoms with van der Waals surface area (Å²) in [5, 5.41) is 10.8. The van der Waals surface area contributed by atoms with Crippen LogP contribution in [-0.4, -0.2) is 32.7 Å². The minimum atomic E-state index is -3.81. The molecule has 0 radical (unpaired) electrons. The number of nitrogens with zero attached hydrogens (tertiary/aromatic N) is 1. The Kier molecular flexibility index (Phi) is 5.66. The van der Waals surface area contributed by atoms with Gasteiger partial charge in [0, 0.05) is 11.5 Å². The van der Waals surface area contributed by atoms with Crippen LogP contribution in [0.2, 0.25) is 0 Å². The molecule has 8 heteroatoms. The lowest BCUT2D eigenvalue weighted by molar-refractivity contribution is 0.373. The number of aromatic nitrogens is 1. The molecule has 0 fully saturated rings. The molecule has 7 nitrogen and oxygen atoms in total. The van der Waals surface area contributed by atoms with Crippen molar-refractivity contribution in [1.29, 1.82) is 0 Å². The van der Waals surface area contributed by atoms with Crippen molar-refractivity contribution in [1.82, 2.24) is 4.98 Å². The van der Waals surface area contributed by atoms with E-state index >= 15 is 0 Å². The number of methoxy groups -OCH3 is 2. The summed E-state index contributed by atoms with van der Waals surface area (Å²) in [6.07, 6.45) is 3.44. The zero-order valence-corrected chi connectivity index (χ0v) is 14.6. The second-order valence-corrected chi connectivity index (χ2v) is 6.49. The van der Waals surface area contributed by atoms with Crippen molar-refractivity contribution >= 4 is 28.0 Å². The third-order valence-corrected chi connectivity index (χ3v) is 4.13. The minimum Gasteiger partial charge on any atom is -0.502 e. The Morgan fingerprint density at radius 3 is 2.40 bits per heavy atom. The predicted molar refractivity (Wildman–Crippen MR) is 97.1 cm³/mol. The average Bonchev–Trinajstić information content (AvgIpc) is 2.62. The highest BCUT2D eigenvalue weighted by Gasteiger charge is 2.15. The van der Waals surface area contributed by atoms with Gasteiger partial charge in [0.1, 0.15) is 5.75 Å². The maximum Gasteiger partial charge on any atom is 0.255 e. The first-order valence-corrected chi connectivity index (χ1v) is 8.68. The van der Waals surface area contributed by atoms with Gasteiger partial charge in [-0.3, -0.25) is 4.72 Å². The van der Waals surface area contributed by atoms with Crippen LogP contribution in [-0.2, 0) is 10.0 Å². The van der Waals surface area contributed by atoms with Crippen LogP contribution in [0.5, 0.6) is 17.2 Å². The Labute approximate surface area is 146 Å². The molecule has 25 heavy (non-hydrogen) atoms. The number of anilines is 1. The first-order chi connectivity index (χ1) is 11.9. The summed E-state index contributed by atoms with van der Waals surface area (Å²) < 4.78 is 35.5. The molecular weight excluding hydrogens is 344 g/mol. The molecule has 0 saturated carbocycles. The van der Waals surface area contributed by atoms with E-state index in [1.54, 1.807) is 19.3 Å². The van der Waals surface area contributed by atoms with Crippen LogP contribution in [0.15, 0.2) is 42.3 Å². The van der Waals surface area contributed by atoms with Crippen LogP contribution in [0, 0.1) is 0 Å². The fourth-order valence-electron chi connectivity index (χ4n) is 1.92. The van der Waals surface area contributed by atoms with E-state index < -0.39 is 15.8 Å². The molecule has 0 bridgehead atoms. The fourth-order valence-corrected chi connectivity index (χ4v) is 2.41. The van der Waals surface area contributed by atoms with E-state index in [1.807, 2.05) is 24.3 Å². The highest BCUT2D eigenvalue weighted by molar-refractivity contribution is 7.95. The number of aromatic hydroxyl groups is 1. The molecule has 0 spiro atoms. The maximum absolute atomic E-state index is 11.6. The summed E-state index contributed by atoms with van der Waals surface area (Å²) in [7, 11) is -0.868. The number of pyridine rings is 1. The first-order valence-electron chi connectivity index (χ1n) is 7.14. The van der Waals surface area contributed by atoms with Gasteiger partial charge in [0.25, 0.3) is 10.0 Å². The van der Waals surface area contributed by atoms with Crippen LogP contribution in [0.25, 0.3) is 12.2 Å². The quantitative estimate of drug-likeness (QED) is 0.786. The second-order valence-electron chi connectivity index (χ2n) is 4.87. The lowest BCUT2D eigenvalue weighted by atomic mass is 10.2. The molecule has 0 aliphatic carbocycles. The highest BCUT2D eigenvalue weighted by Crippen LogP contribution is 2.34. The number of hydrogen-bond acceptors (Lipinski definition) is 6. The summed E-state index contributed by atoms with van der Waals surface area (Å²) in [6, 6.07) is 8.83. The highest BCUT2D eigenvalue weighted by atomic mass is 32.2. The van der Waals surface area contributed by atoms with E-state index in [0.717, 1.165) is 16.7 Å². The van der Waals surface area contributed by atoms with Gasteiger partial charge in [0.05, 0.1) is 19.9 Å². The molecule has 2 rings (SSSR count). The molecular formula is C17H18N2O5S. The van der Waals surface area contributed by atoms with E-state index in [4.69, 9.17) is 9.47 Å². The van der Waals surface area contributed by atoms with Crippen LogP contribution < -0.4 is 14.2 Å². The fraction of sp³-hybridized carbons (Fsp3) is 0.118. The summed E-state index contributed by atoms with van der Waals surface area (Å²) in [6.45, 7) is 3.20. The maximum atomic E-state index is 11.6. The molecule has 2 N–H and O–H groups in total. The normalized spacial score (nSPS) is 11.3. The number of benzene rings is 1. The zero-order chi connectivity index (χ0) is 18.4. The van der Waals surface area contributed by atoms with Crippen molar-refractivity contribution in [2.24, 2.45) is 0 Å². The summed E-state index contributed by atoms with van der Waals surface area (Å²) in [5.74, 6) is 0.178. The molecule has 1 heterocycles. The van der Waals surface area contributed by atoms with Gasteiger partial charge in [-0.2, -0.15) is 0 Å². The number of hydrogen-bond donors (Lipinski definition) is 2. The van der Waals surface area contributed by atoms with Gasteiger partial charge < -0.3 is 14.6 Å². The van der Waals surface area contributed by atoms with Gasteiger partial charge in [-0.1, -0.05) is 24.8 Å². The Morgan fingerprint density at radius 1 is 1.16 bits per heavy atom. The van der Waals surface area contributed by atoms with Crippen molar-refractivity contribution < 1.29 is 23.0 Å². The van der Waals surface area contributed by atoms with Crippen molar-refractivity contribution in [2.75, 3.05) is 18.9 Å². The average molecular weight is 362 g/mol. The predicted octanol–water partition coefficient (Wildman–Crippen LogP) is 2.86. The third kappa shape index (κ3) is 4.74. The Morgan fingerprint density at radius 2 is 1.84 bits per heavy atom. The van der Waals surface area contributed by atoms with Gasteiger partial charge >= 0.3 is 0 Å². The first kappa shape index (κ1) is 18.3. The Bertz CT molecular complexity index is 890. The van der Waals surface area contributed by atoms with Crippen LogP contribution >= 0.6 is 0 Å². The monoisotopic (exact) mass is 362 g/mol. The second kappa shape index (κ2) is 7.71. The minimum absolute atomic E-state index is 0.0890. The van der Waals surface area contributed by atoms with Crippen LogP contribution in [0.1, 0.15) is 11.3 Å². The molecule has 0 aliphatic rings. The molecule has 0 amide bonds. The van der Waals surface area contributed by atoms with Crippen molar-refractivity contribution in [3.8, 4) is 17.2 Å². The summed E-state index contributed by atoms with van der Waals surface area (Å²) >= 11 is 0. The molecule has 2 aromatic rings. The largest absolute Gasteiger partial charge is 0.502 e. The van der Waals surface area contributed by atoms with Crippen LogP contribution in [0.3, 0.4) is 0 Å².